The number of hydrogen-bond donors (Lipinski definition) is 3. The Labute approximate surface area is 199 Å². The number of nitro benzene ring substituents is 1. The lowest BCUT2D eigenvalue weighted by Crippen LogP contribution is -2.50. The number of nitrogens with one attached hydrogen (secondary N) is 3. The Morgan fingerprint density at radius 1 is 1.06 bits per heavy atom. The van der Waals surface area contributed by atoms with Crippen molar-refractivity contribution in [2.75, 3.05) is 13.2 Å². The van der Waals surface area contributed by atoms with Gasteiger partial charge in [0.2, 0.25) is 0 Å². The molecule has 0 aliphatic rings. The normalized spacial score (nSPS) is 10.0. The quantitative estimate of drug-likeness (QED) is 0.261. The molecule has 0 aromatic heterocycles. The Bertz CT molecular complexity index is 980. The van der Waals surface area contributed by atoms with Crippen molar-refractivity contribution in [2.45, 2.75) is 6.92 Å². The summed E-state index contributed by atoms with van der Waals surface area (Å²) in [6, 6.07) is 8.89. The van der Waals surface area contributed by atoms with Crippen LogP contribution in [0.25, 0.3) is 0 Å². The molecule has 0 unspecified atom stereocenters. The third kappa shape index (κ3) is 8.11. The van der Waals surface area contributed by atoms with Gasteiger partial charge in [-0.25, -0.2) is 0 Å². The minimum Gasteiger partial charge on any atom is -0.484 e. The number of halogens is 2. The lowest BCUT2D eigenvalue weighted by Gasteiger charge is -2.13. The van der Waals surface area contributed by atoms with Gasteiger partial charge in [0.1, 0.15) is 11.5 Å². The maximum absolute atomic E-state index is 11.9. The largest absolute Gasteiger partial charge is 0.484 e. The predicted molar refractivity (Wildman–Crippen MR) is 123 cm³/mol. The fourth-order valence-electron chi connectivity index (χ4n) is 2.18. The molecular weight excluding hydrogens is 560 g/mol. The molecular formula is C18H16Br2N4O6S. The smallest absolute Gasteiger partial charge is 0.276 e. The zero-order chi connectivity index (χ0) is 23.0. The lowest BCUT2D eigenvalue weighted by atomic mass is 10.2. The van der Waals surface area contributed by atoms with Crippen LogP contribution in [0.3, 0.4) is 0 Å². The first kappa shape index (κ1) is 24.5. The van der Waals surface area contributed by atoms with Crippen LogP contribution in [0.5, 0.6) is 11.5 Å². The number of hydrazine groups is 1. The summed E-state index contributed by atoms with van der Waals surface area (Å²) in [6.45, 7) is 1.17. The van der Waals surface area contributed by atoms with Crippen molar-refractivity contribution in [3.05, 3.63) is 61.0 Å². The molecule has 0 saturated heterocycles. The highest BCUT2D eigenvalue weighted by atomic mass is 79.9. The second-order valence-corrected chi connectivity index (χ2v) is 8.09. The van der Waals surface area contributed by atoms with Crippen LogP contribution < -0.4 is 25.6 Å². The molecule has 2 rings (SSSR count). The number of amides is 2. The van der Waals surface area contributed by atoms with Gasteiger partial charge in [0.15, 0.2) is 18.3 Å². The Hall–Kier alpha value is -2.77. The van der Waals surface area contributed by atoms with Crippen molar-refractivity contribution in [1.29, 1.82) is 0 Å². The topological polar surface area (TPSA) is 132 Å². The molecule has 164 valence electrons. The molecule has 0 aliphatic heterocycles. The van der Waals surface area contributed by atoms with Crippen LogP contribution in [0.1, 0.15) is 5.56 Å². The average molecular weight is 576 g/mol. The number of nitro groups is 1. The number of carbonyl (C=O) groups is 2. The number of hydrogen-bond acceptors (Lipinski definition) is 7. The fraction of sp³-hybridized carbons (Fsp3) is 0.167. The molecule has 10 nitrogen and oxygen atoms in total. The molecule has 13 heteroatoms. The maximum atomic E-state index is 11.9. The Morgan fingerprint density at radius 2 is 1.71 bits per heavy atom. The molecule has 0 aliphatic carbocycles. The van der Waals surface area contributed by atoms with Gasteiger partial charge in [-0.15, -0.1) is 0 Å². The molecule has 0 fully saturated rings. The number of carbonyl (C=O) groups excluding carboxylic acids is 2. The zero-order valence-electron chi connectivity index (χ0n) is 15.9. The van der Waals surface area contributed by atoms with E-state index in [1.54, 1.807) is 6.07 Å². The fourth-order valence-corrected chi connectivity index (χ4v) is 3.90. The number of rotatable bonds is 7. The predicted octanol–water partition coefficient (Wildman–Crippen LogP) is 2.91. The molecule has 0 radical (unpaired) electrons. The Kier molecular flexibility index (Phi) is 9.15. The molecule has 0 atom stereocenters. The van der Waals surface area contributed by atoms with E-state index in [-0.39, 0.29) is 29.8 Å². The van der Waals surface area contributed by atoms with Gasteiger partial charge in [-0.05, 0) is 64.9 Å². The summed E-state index contributed by atoms with van der Waals surface area (Å²) in [6.07, 6.45) is 0. The van der Waals surface area contributed by atoms with Crippen molar-refractivity contribution >= 4 is 66.7 Å². The van der Waals surface area contributed by atoms with Gasteiger partial charge in [0, 0.05) is 16.6 Å². The molecule has 2 aromatic rings. The van der Waals surface area contributed by atoms with Crippen molar-refractivity contribution < 1.29 is 24.0 Å². The van der Waals surface area contributed by atoms with Crippen molar-refractivity contribution in [3.8, 4) is 11.5 Å². The molecule has 2 aromatic carbocycles. The van der Waals surface area contributed by atoms with Crippen LogP contribution in [0.2, 0.25) is 0 Å². The van der Waals surface area contributed by atoms with E-state index in [1.165, 1.54) is 24.3 Å². The van der Waals surface area contributed by atoms with Gasteiger partial charge < -0.3 is 9.47 Å². The third-order valence-corrected chi connectivity index (χ3v) is 4.78. The van der Waals surface area contributed by atoms with Gasteiger partial charge in [0.25, 0.3) is 17.5 Å². The van der Waals surface area contributed by atoms with Crippen LogP contribution in [-0.4, -0.2) is 35.1 Å². The van der Waals surface area contributed by atoms with Crippen LogP contribution in [0.15, 0.2) is 45.3 Å². The van der Waals surface area contributed by atoms with Crippen LogP contribution >= 0.6 is 44.1 Å². The second kappa shape index (κ2) is 11.6. The lowest BCUT2D eigenvalue weighted by molar-refractivity contribution is -0.384. The zero-order valence-corrected chi connectivity index (χ0v) is 19.9. The van der Waals surface area contributed by atoms with Crippen molar-refractivity contribution in [1.82, 2.24) is 16.2 Å². The summed E-state index contributed by atoms with van der Waals surface area (Å²) in [5, 5.41) is 12.8. The highest BCUT2D eigenvalue weighted by Gasteiger charge is 2.11. The second-order valence-electron chi connectivity index (χ2n) is 5.91. The summed E-state index contributed by atoms with van der Waals surface area (Å²) < 4.78 is 12.3. The first-order valence-corrected chi connectivity index (χ1v) is 10.5. The van der Waals surface area contributed by atoms with E-state index < -0.39 is 16.7 Å². The number of non-ortho nitro benzene ring substituents is 1. The van der Waals surface area contributed by atoms with E-state index in [0.29, 0.717) is 10.2 Å². The third-order valence-electron chi connectivity index (χ3n) is 3.53. The number of aryl methyl sites for hydroxylation is 1. The first-order valence-electron chi connectivity index (χ1n) is 8.50. The summed E-state index contributed by atoms with van der Waals surface area (Å²) in [4.78, 5) is 33.8. The molecule has 0 heterocycles. The van der Waals surface area contributed by atoms with E-state index in [4.69, 9.17) is 21.7 Å². The van der Waals surface area contributed by atoms with Crippen LogP contribution in [0.4, 0.5) is 5.69 Å². The van der Waals surface area contributed by atoms with Gasteiger partial charge in [0.05, 0.1) is 9.40 Å². The van der Waals surface area contributed by atoms with Crippen molar-refractivity contribution in [3.63, 3.8) is 0 Å². The molecule has 0 spiro atoms. The van der Waals surface area contributed by atoms with E-state index in [9.17, 15) is 19.7 Å². The van der Waals surface area contributed by atoms with E-state index in [0.717, 1.165) is 10.0 Å². The van der Waals surface area contributed by atoms with Crippen LogP contribution in [-0.2, 0) is 9.59 Å². The molecule has 3 N–H and O–H groups in total. The minimum atomic E-state index is -0.587. The average Bonchev–Trinajstić information content (AvgIpc) is 2.70. The van der Waals surface area contributed by atoms with Crippen LogP contribution in [0, 0.1) is 17.0 Å². The highest BCUT2D eigenvalue weighted by Crippen LogP contribution is 2.32. The SMILES string of the molecule is Cc1cc(Br)cc(Br)c1OCC(=O)NNC(=S)NC(=O)COc1ccc([N+](=O)[O-])cc1. The number of ether oxygens (including phenoxy) is 2. The number of nitrogens with zero attached hydrogens (tertiary/aromatic N) is 1. The van der Waals surface area contributed by atoms with Crippen molar-refractivity contribution in [2.24, 2.45) is 0 Å². The number of thiocarbonyl (C=S) groups is 1. The maximum Gasteiger partial charge on any atom is 0.276 e. The summed E-state index contributed by atoms with van der Waals surface area (Å²) >= 11 is 11.6. The highest BCUT2D eigenvalue weighted by molar-refractivity contribution is 9.11. The molecule has 0 saturated carbocycles. The molecule has 2 amide bonds. The summed E-state index contributed by atoms with van der Waals surface area (Å²) in [5.41, 5.74) is 5.41. The first-order chi connectivity index (χ1) is 14.7. The number of benzene rings is 2. The molecule has 0 bridgehead atoms. The van der Waals surface area contributed by atoms with Gasteiger partial charge in [-0.1, -0.05) is 15.9 Å². The Morgan fingerprint density at radius 3 is 2.32 bits per heavy atom. The van der Waals surface area contributed by atoms with E-state index in [1.807, 2.05) is 13.0 Å². The standard InChI is InChI=1S/C18H16Br2N4O6S/c1-10-6-11(19)7-14(20)17(10)30-9-16(26)22-23-18(31)21-15(25)8-29-13-4-2-12(3-5-13)24(27)28/h2-7H,8-9H2,1H3,(H,22,26)(H2,21,23,25,31). The van der Waals surface area contributed by atoms with E-state index in [2.05, 4.69) is 48.0 Å². The summed E-state index contributed by atoms with van der Waals surface area (Å²) in [7, 11) is 0. The Balaban J connectivity index is 1.70. The van der Waals surface area contributed by atoms with Gasteiger partial charge >= 0.3 is 0 Å². The minimum absolute atomic E-state index is 0.0930. The monoisotopic (exact) mass is 574 g/mol. The summed E-state index contributed by atoms with van der Waals surface area (Å²) in [5.74, 6) is -0.305. The molecule has 31 heavy (non-hydrogen) atoms. The van der Waals surface area contributed by atoms with Gasteiger partial charge in [-0.3, -0.25) is 35.9 Å². The van der Waals surface area contributed by atoms with E-state index >= 15 is 0 Å². The van der Waals surface area contributed by atoms with Gasteiger partial charge in [-0.2, -0.15) is 0 Å².